The molecule has 0 amide bonds. The predicted octanol–water partition coefficient (Wildman–Crippen LogP) is 8.41. The minimum atomic E-state index is -0.0596. The Kier molecular flexibility index (Phi) is 6.78. The zero-order valence-corrected chi connectivity index (χ0v) is 21.8. The van der Waals surface area contributed by atoms with Gasteiger partial charge >= 0.3 is 0 Å². The van der Waals surface area contributed by atoms with Gasteiger partial charge in [0.15, 0.2) is 0 Å². The van der Waals surface area contributed by atoms with E-state index in [1.165, 1.54) is 64.2 Å². The van der Waals surface area contributed by atoms with Gasteiger partial charge in [0.1, 0.15) is 0 Å². The second-order valence-corrected chi connectivity index (χ2v) is 13.2. The number of rotatable bonds is 6. The number of aliphatic hydroxyl groups is 1. The van der Waals surface area contributed by atoms with Crippen LogP contribution in [0.4, 0.5) is 0 Å². The van der Waals surface area contributed by atoms with Crippen LogP contribution in [0.1, 0.15) is 119 Å². The maximum absolute atomic E-state index is 10.5. The number of aliphatic hydroxyl groups excluding tert-OH is 1. The first-order valence-electron chi connectivity index (χ1n) is 14.0. The lowest BCUT2D eigenvalue weighted by molar-refractivity contribution is -0.0779. The molecule has 0 aliphatic heterocycles. The van der Waals surface area contributed by atoms with E-state index in [-0.39, 0.29) is 6.10 Å². The summed E-state index contributed by atoms with van der Waals surface area (Å²) in [5, 5.41) is 10.5. The molecular weight excluding hydrogens is 376 g/mol. The molecule has 0 heterocycles. The van der Waals surface area contributed by atoms with Crippen LogP contribution in [0.2, 0.25) is 0 Å². The average Bonchev–Trinajstić information content (AvgIpc) is 3.08. The summed E-state index contributed by atoms with van der Waals surface area (Å²) in [5.74, 6) is 5.53. The van der Waals surface area contributed by atoms with Gasteiger partial charge in [0.25, 0.3) is 0 Å². The van der Waals surface area contributed by atoms with Crippen molar-refractivity contribution in [3.63, 3.8) is 0 Å². The van der Waals surface area contributed by atoms with Crippen LogP contribution in [0.3, 0.4) is 0 Å². The van der Waals surface area contributed by atoms with Gasteiger partial charge in [-0.25, -0.2) is 0 Å². The lowest BCUT2D eigenvalue weighted by Crippen LogP contribution is -2.51. The number of allylic oxidation sites excluding steroid dienone is 2. The number of fused-ring (bicyclic) bond motifs is 4. The maximum Gasteiger partial charge on any atom is 0.0568 e. The standard InChI is InChI=1S/C30H52O/c1-8-22(19(2)3)10-9-20(4)24-13-14-26-23-11-12-25-21(5)28(31)16-18-30(25,7)27(23)15-17-29(24,26)6/h19-22,24-25,27-28,31H,8-18H2,1-7H3/t20-,21+,22?,24-,25+,27+,28+,29-,30+/m1/s1. The molecule has 0 radical (unpaired) electrons. The van der Waals surface area contributed by atoms with E-state index in [4.69, 9.17) is 0 Å². The molecule has 31 heavy (non-hydrogen) atoms. The normalized spacial score (nSPS) is 44.6. The third-order valence-corrected chi connectivity index (χ3v) is 11.7. The molecule has 0 saturated heterocycles. The summed E-state index contributed by atoms with van der Waals surface area (Å²) in [6.07, 6.45) is 14.7. The molecule has 9 atom stereocenters. The monoisotopic (exact) mass is 428 g/mol. The highest BCUT2D eigenvalue weighted by Gasteiger charge is 2.57. The quantitative estimate of drug-likeness (QED) is 0.421. The molecule has 4 aliphatic rings. The molecule has 1 nitrogen and oxygen atoms in total. The molecule has 0 aromatic carbocycles. The Hall–Kier alpha value is -0.300. The Morgan fingerprint density at radius 1 is 0.968 bits per heavy atom. The highest BCUT2D eigenvalue weighted by atomic mass is 16.3. The SMILES string of the molecule is CCC(CC[C@@H](C)[C@H]1CCC2=C3CC[C@H]4[C@H](C)[C@@H](O)CC[C@]4(C)[C@H]3CC[C@@]21C)C(C)C. The van der Waals surface area contributed by atoms with Crippen LogP contribution >= 0.6 is 0 Å². The third kappa shape index (κ3) is 3.87. The highest BCUT2D eigenvalue weighted by Crippen LogP contribution is 2.66. The topological polar surface area (TPSA) is 20.2 Å². The van der Waals surface area contributed by atoms with E-state index in [1.54, 1.807) is 0 Å². The van der Waals surface area contributed by atoms with Crippen LogP contribution in [0.5, 0.6) is 0 Å². The van der Waals surface area contributed by atoms with Crippen molar-refractivity contribution in [2.75, 3.05) is 0 Å². The summed E-state index contributed by atoms with van der Waals surface area (Å²) in [6.45, 7) is 17.4. The van der Waals surface area contributed by atoms with E-state index in [2.05, 4.69) is 48.5 Å². The lowest BCUT2D eigenvalue weighted by Gasteiger charge is -2.58. The fraction of sp³-hybridized carbons (Fsp3) is 0.933. The average molecular weight is 429 g/mol. The van der Waals surface area contributed by atoms with Crippen molar-refractivity contribution in [1.82, 2.24) is 0 Å². The van der Waals surface area contributed by atoms with E-state index in [0.717, 1.165) is 41.9 Å². The third-order valence-electron chi connectivity index (χ3n) is 11.7. The second kappa shape index (κ2) is 8.81. The van der Waals surface area contributed by atoms with Gasteiger partial charge in [-0.05, 0) is 110 Å². The van der Waals surface area contributed by atoms with Crippen molar-refractivity contribution < 1.29 is 5.11 Å². The molecule has 3 fully saturated rings. The molecule has 4 aliphatic carbocycles. The summed E-state index contributed by atoms with van der Waals surface area (Å²) in [5.41, 5.74) is 4.76. The highest BCUT2D eigenvalue weighted by molar-refractivity contribution is 5.35. The van der Waals surface area contributed by atoms with Crippen LogP contribution in [0, 0.1) is 52.3 Å². The van der Waals surface area contributed by atoms with Gasteiger partial charge in [-0.1, -0.05) is 72.5 Å². The number of hydrogen-bond acceptors (Lipinski definition) is 1. The van der Waals surface area contributed by atoms with E-state index >= 15 is 0 Å². The van der Waals surface area contributed by atoms with Crippen molar-refractivity contribution >= 4 is 0 Å². The molecule has 1 unspecified atom stereocenters. The van der Waals surface area contributed by atoms with Crippen LogP contribution in [0.25, 0.3) is 0 Å². The summed E-state index contributed by atoms with van der Waals surface area (Å²) < 4.78 is 0. The van der Waals surface area contributed by atoms with Crippen molar-refractivity contribution in [3.8, 4) is 0 Å². The Bertz CT molecular complexity index is 676. The molecule has 1 N–H and O–H groups in total. The van der Waals surface area contributed by atoms with E-state index in [1.807, 2.05) is 11.1 Å². The van der Waals surface area contributed by atoms with Gasteiger partial charge in [-0.3, -0.25) is 0 Å². The van der Waals surface area contributed by atoms with Crippen LogP contribution in [-0.4, -0.2) is 11.2 Å². The van der Waals surface area contributed by atoms with Crippen LogP contribution in [-0.2, 0) is 0 Å². The summed E-state index contributed by atoms with van der Waals surface area (Å²) in [7, 11) is 0. The Morgan fingerprint density at radius 2 is 1.71 bits per heavy atom. The van der Waals surface area contributed by atoms with Gasteiger partial charge in [-0.15, -0.1) is 0 Å². The largest absolute Gasteiger partial charge is 0.393 e. The fourth-order valence-corrected chi connectivity index (χ4v) is 9.58. The molecule has 0 spiro atoms. The molecule has 4 rings (SSSR count). The summed E-state index contributed by atoms with van der Waals surface area (Å²) in [6, 6.07) is 0. The van der Waals surface area contributed by atoms with Crippen molar-refractivity contribution in [2.24, 2.45) is 52.3 Å². The zero-order chi connectivity index (χ0) is 22.6. The Balaban J connectivity index is 1.53. The van der Waals surface area contributed by atoms with Gasteiger partial charge in [0.2, 0.25) is 0 Å². The second-order valence-electron chi connectivity index (χ2n) is 13.2. The van der Waals surface area contributed by atoms with Crippen molar-refractivity contribution in [3.05, 3.63) is 11.1 Å². The first-order chi connectivity index (χ1) is 14.6. The van der Waals surface area contributed by atoms with E-state index < -0.39 is 0 Å². The molecule has 3 saturated carbocycles. The van der Waals surface area contributed by atoms with Gasteiger partial charge in [0.05, 0.1) is 6.10 Å². The minimum absolute atomic E-state index is 0.0596. The Morgan fingerprint density at radius 3 is 2.39 bits per heavy atom. The molecular formula is C30H52O. The van der Waals surface area contributed by atoms with Crippen molar-refractivity contribution in [1.29, 1.82) is 0 Å². The van der Waals surface area contributed by atoms with E-state index in [9.17, 15) is 5.11 Å². The van der Waals surface area contributed by atoms with Crippen LogP contribution < -0.4 is 0 Å². The minimum Gasteiger partial charge on any atom is -0.393 e. The van der Waals surface area contributed by atoms with Gasteiger partial charge < -0.3 is 5.11 Å². The smallest absolute Gasteiger partial charge is 0.0568 e. The Labute approximate surface area is 193 Å². The molecule has 0 bridgehead atoms. The van der Waals surface area contributed by atoms with Crippen LogP contribution in [0.15, 0.2) is 11.1 Å². The summed E-state index contributed by atoms with van der Waals surface area (Å²) >= 11 is 0. The fourth-order valence-electron chi connectivity index (χ4n) is 9.58. The van der Waals surface area contributed by atoms with E-state index in [0.29, 0.717) is 16.7 Å². The lowest BCUT2D eigenvalue weighted by atomic mass is 9.47. The zero-order valence-electron chi connectivity index (χ0n) is 21.8. The molecule has 0 aromatic rings. The molecule has 0 aromatic heterocycles. The summed E-state index contributed by atoms with van der Waals surface area (Å²) in [4.78, 5) is 0. The number of hydrogen-bond donors (Lipinski definition) is 1. The first kappa shape index (κ1) is 23.8. The van der Waals surface area contributed by atoms with Crippen molar-refractivity contribution in [2.45, 2.75) is 125 Å². The van der Waals surface area contributed by atoms with Gasteiger partial charge in [-0.2, -0.15) is 0 Å². The molecule has 1 heteroatoms. The maximum atomic E-state index is 10.5. The first-order valence-corrected chi connectivity index (χ1v) is 14.0. The molecule has 178 valence electrons. The predicted molar refractivity (Wildman–Crippen MR) is 133 cm³/mol. The van der Waals surface area contributed by atoms with Gasteiger partial charge in [0, 0.05) is 0 Å².